The number of nitriles is 1. The Hall–Kier alpha value is -1.82. The molecule has 0 aromatic heterocycles. The number of hydrogen-bond donors (Lipinski definition) is 1. The monoisotopic (exact) mass is 268 g/mol. The number of anilines is 1. The van der Waals surface area contributed by atoms with Crippen LogP contribution in [0.15, 0.2) is 18.2 Å². The number of nitrogens with zero attached hydrogens (tertiary/aromatic N) is 1. The van der Waals surface area contributed by atoms with Crippen molar-refractivity contribution in [1.82, 2.24) is 0 Å². The van der Waals surface area contributed by atoms with Crippen LogP contribution in [0, 0.1) is 22.7 Å². The van der Waals surface area contributed by atoms with Gasteiger partial charge in [0, 0.05) is 5.69 Å². The van der Waals surface area contributed by atoms with Gasteiger partial charge in [-0.25, -0.2) is 0 Å². The Morgan fingerprint density at radius 1 is 1.35 bits per heavy atom. The Morgan fingerprint density at radius 3 is 2.80 bits per heavy atom. The van der Waals surface area contributed by atoms with Gasteiger partial charge in [-0.15, -0.1) is 0 Å². The van der Waals surface area contributed by atoms with E-state index in [2.05, 4.69) is 24.4 Å². The van der Waals surface area contributed by atoms with E-state index in [-0.39, 0.29) is 5.91 Å². The van der Waals surface area contributed by atoms with Crippen molar-refractivity contribution in [1.29, 1.82) is 5.26 Å². The van der Waals surface area contributed by atoms with Crippen LogP contribution in [0.5, 0.6) is 0 Å². The van der Waals surface area contributed by atoms with Crippen LogP contribution in [0.1, 0.15) is 43.7 Å². The normalized spacial score (nSPS) is 27.9. The standard InChI is InChI=1S/C17H20N2O/c1-12-9-17(10-12,11-18)16(20)19-15-8-4-6-13-5-2-3-7-14(13)15/h4,6,8,12H,2-3,5,7,9-10H2,1H3,(H,19,20). The van der Waals surface area contributed by atoms with Crippen molar-refractivity contribution in [3.8, 4) is 6.07 Å². The van der Waals surface area contributed by atoms with Gasteiger partial charge in [-0.2, -0.15) is 5.26 Å². The number of rotatable bonds is 2. The molecular weight excluding hydrogens is 248 g/mol. The summed E-state index contributed by atoms with van der Waals surface area (Å²) in [6.07, 6.45) is 5.90. The van der Waals surface area contributed by atoms with Gasteiger partial charge in [-0.3, -0.25) is 4.79 Å². The van der Waals surface area contributed by atoms with E-state index in [1.165, 1.54) is 24.0 Å². The van der Waals surface area contributed by atoms with Crippen LogP contribution in [0.2, 0.25) is 0 Å². The van der Waals surface area contributed by atoms with Gasteiger partial charge in [0.25, 0.3) is 0 Å². The molecule has 0 spiro atoms. The quantitative estimate of drug-likeness (QED) is 0.893. The van der Waals surface area contributed by atoms with E-state index in [4.69, 9.17) is 0 Å². The molecule has 0 radical (unpaired) electrons. The van der Waals surface area contributed by atoms with Gasteiger partial charge in [-0.1, -0.05) is 19.1 Å². The molecule has 1 fully saturated rings. The first-order chi connectivity index (χ1) is 9.64. The summed E-state index contributed by atoms with van der Waals surface area (Å²) in [7, 11) is 0. The van der Waals surface area contributed by atoms with Crippen molar-refractivity contribution in [3.63, 3.8) is 0 Å². The summed E-state index contributed by atoms with van der Waals surface area (Å²) in [5.41, 5.74) is 2.74. The molecule has 0 unspecified atom stereocenters. The van der Waals surface area contributed by atoms with Crippen molar-refractivity contribution >= 4 is 11.6 Å². The zero-order valence-electron chi connectivity index (χ0n) is 11.9. The van der Waals surface area contributed by atoms with Gasteiger partial charge >= 0.3 is 0 Å². The molecule has 2 aliphatic rings. The molecule has 0 atom stereocenters. The molecule has 0 bridgehead atoms. The zero-order valence-corrected chi connectivity index (χ0v) is 11.9. The Balaban J connectivity index is 1.82. The van der Waals surface area contributed by atoms with Crippen molar-refractivity contribution in [2.45, 2.75) is 45.4 Å². The van der Waals surface area contributed by atoms with E-state index in [1.807, 2.05) is 12.1 Å². The first-order valence-corrected chi connectivity index (χ1v) is 7.48. The molecule has 1 amide bonds. The highest BCUT2D eigenvalue weighted by Crippen LogP contribution is 2.46. The molecule has 0 aliphatic heterocycles. The molecule has 3 nitrogen and oxygen atoms in total. The fraction of sp³-hybridized carbons (Fsp3) is 0.529. The summed E-state index contributed by atoms with van der Waals surface area (Å²) >= 11 is 0. The molecule has 2 aliphatic carbocycles. The van der Waals surface area contributed by atoms with Crippen LogP contribution in [0.25, 0.3) is 0 Å². The Labute approximate surface area is 120 Å². The number of benzene rings is 1. The zero-order chi connectivity index (χ0) is 14.2. The average Bonchev–Trinajstić information content (AvgIpc) is 2.44. The second-order valence-electron chi connectivity index (χ2n) is 6.31. The lowest BCUT2D eigenvalue weighted by molar-refractivity contribution is -0.128. The van der Waals surface area contributed by atoms with Crippen LogP contribution in [-0.4, -0.2) is 5.91 Å². The first-order valence-electron chi connectivity index (χ1n) is 7.48. The topological polar surface area (TPSA) is 52.9 Å². The molecule has 0 heterocycles. The number of aryl methyl sites for hydroxylation is 1. The summed E-state index contributed by atoms with van der Waals surface area (Å²) in [5.74, 6) is 0.363. The highest BCUT2D eigenvalue weighted by molar-refractivity contribution is 5.98. The average molecular weight is 268 g/mol. The summed E-state index contributed by atoms with van der Waals surface area (Å²) < 4.78 is 0. The minimum atomic E-state index is -0.795. The SMILES string of the molecule is CC1CC(C#N)(C(=O)Nc2cccc3c2CCCC3)C1. The lowest BCUT2D eigenvalue weighted by atomic mass is 9.63. The molecular formula is C17H20N2O. The maximum Gasteiger partial charge on any atom is 0.244 e. The fourth-order valence-electron chi connectivity index (χ4n) is 3.60. The van der Waals surface area contributed by atoms with E-state index in [9.17, 15) is 10.1 Å². The molecule has 0 saturated heterocycles. The van der Waals surface area contributed by atoms with Crippen molar-refractivity contribution < 1.29 is 4.79 Å². The Morgan fingerprint density at radius 2 is 2.10 bits per heavy atom. The highest BCUT2D eigenvalue weighted by atomic mass is 16.2. The summed E-state index contributed by atoms with van der Waals surface area (Å²) in [5, 5.41) is 12.4. The van der Waals surface area contributed by atoms with Crippen LogP contribution in [0.4, 0.5) is 5.69 Å². The van der Waals surface area contributed by atoms with E-state index in [0.29, 0.717) is 18.8 Å². The minimum absolute atomic E-state index is 0.114. The fourth-order valence-corrected chi connectivity index (χ4v) is 3.60. The lowest BCUT2D eigenvalue weighted by Crippen LogP contribution is -2.45. The van der Waals surface area contributed by atoms with Crippen LogP contribution < -0.4 is 5.32 Å². The van der Waals surface area contributed by atoms with Gasteiger partial charge < -0.3 is 5.32 Å². The number of amides is 1. The third-order valence-corrected chi connectivity index (χ3v) is 4.69. The number of hydrogen-bond acceptors (Lipinski definition) is 2. The van der Waals surface area contributed by atoms with Crippen molar-refractivity contribution in [2.75, 3.05) is 5.32 Å². The van der Waals surface area contributed by atoms with Gasteiger partial charge in [0.1, 0.15) is 5.41 Å². The Bertz CT molecular complexity index is 579. The smallest absolute Gasteiger partial charge is 0.244 e. The van der Waals surface area contributed by atoms with E-state index in [0.717, 1.165) is 18.5 Å². The number of carbonyl (C=O) groups excluding carboxylic acids is 1. The molecule has 1 aromatic carbocycles. The van der Waals surface area contributed by atoms with Gasteiger partial charge in [0.15, 0.2) is 0 Å². The van der Waals surface area contributed by atoms with Crippen LogP contribution in [-0.2, 0) is 17.6 Å². The second-order valence-corrected chi connectivity index (χ2v) is 6.31. The minimum Gasteiger partial charge on any atom is -0.324 e. The molecule has 1 saturated carbocycles. The molecule has 1 N–H and O–H groups in total. The molecule has 104 valence electrons. The molecule has 1 aromatic rings. The maximum absolute atomic E-state index is 12.4. The number of carbonyl (C=O) groups is 1. The van der Waals surface area contributed by atoms with E-state index in [1.54, 1.807) is 0 Å². The predicted molar refractivity (Wildman–Crippen MR) is 78.2 cm³/mol. The predicted octanol–water partition coefficient (Wildman–Crippen LogP) is 3.44. The van der Waals surface area contributed by atoms with Gasteiger partial charge in [0.2, 0.25) is 5.91 Å². The maximum atomic E-state index is 12.4. The van der Waals surface area contributed by atoms with Gasteiger partial charge in [-0.05, 0) is 61.6 Å². The Kier molecular flexibility index (Phi) is 3.25. The third kappa shape index (κ3) is 2.10. The number of nitrogens with one attached hydrogen (secondary N) is 1. The molecule has 3 rings (SSSR count). The van der Waals surface area contributed by atoms with Crippen LogP contribution in [0.3, 0.4) is 0 Å². The van der Waals surface area contributed by atoms with E-state index < -0.39 is 5.41 Å². The molecule has 20 heavy (non-hydrogen) atoms. The largest absolute Gasteiger partial charge is 0.324 e. The summed E-state index contributed by atoms with van der Waals surface area (Å²) in [6.45, 7) is 2.09. The third-order valence-electron chi connectivity index (χ3n) is 4.69. The number of fused-ring (bicyclic) bond motifs is 1. The summed E-state index contributed by atoms with van der Waals surface area (Å²) in [6, 6.07) is 8.35. The van der Waals surface area contributed by atoms with E-state index >= 15 is 0 Å². The highest BCUT2D eigenvalue weighted by Gasteiger charge is 2.49. The first kappa shape index (κ1) is 13.2. The van der Waals surface area contributed by atoms with Crippen LogP contribution >= 0.6 is 0 Å². The summed E-state index contributed by atoms with van der Waals surface area (Å²) in [4.78, 5) is 12.4. The van der Waals surface area contributed by atoms with Crippen molar-refractivity contribution in [2.24, 2.45) is 11.3 Å². The molecule has 3 heteroatoms. The van der Waals surface area contributed by atoms with Gasteiger partial charge in [0.05, 0.1) is 6.07 Å². The van der Waals surface area contributed by atoms with Crippen molar-refractivity contribution in [3.05, 3.63) is 29.3 Å². The second kappa shape index (κ2) is 4.94. The lowest BCUT2D eigenvalue weighted by Gasteiger charge is -2.39.